The number of aryl methyl sites for hydroxylation is 1. The summed E-state index contributed by atoms with van der Waals surface area (Å²) < 4.78 is 5.33. The average molecular weight is 396 g/mol. The van der Waals surface area contributed by atoms with Crippen molar-refractivity contribution >= 4 is 6.09 Å². The van der Waals surface area contributed by atoms with Crippen LogP contribution in [0, 0.1) is 0 Å². The molecule has 1 unspecified atom stereocenters. The van der Waals surface area contributed by atoms with E-state index in [1.165, 1.54) is 23.2 Å². The van der Waals surface area contributed by atoms with Crippen molar-refractivity contribution < 1.29 is 9.53 Å². The number of carbonyl (C=O) groups is 1. The average Bonchev–Trinajstić information content (AvgIpc) is 2.69. The van der Waals surface area contributed by atoms with Gasteiger partial charge in [-0.1, -0.05) is 36.4 Å². The second kappa shape index (κ2) is 9.88. The highest BCUT2D eigenvalue weighted by molar-refractivity contribution is 5.67. The molecule has 0 aliphatic heterocycles. The highest BCUT2D eigenvalue weighted by atomic mass is 16.6. The number of hydrogen-bond donors (Lipinski definition) is 1. The van der Waals surface area contributed by atoms with Gasteiger partial charge in [0.1, 0.15) is 5.60 Å². The lowest BCUT2D eigenvalue weighted by molar-refractivity contribution is 0.0523. The van der Waals surface area contributed by atoms with E-state index in [1.807, 2.05) is 33.0 Å². The minimum atomic E-state index is -0.471. The molecule has 1 aliphatic carbocycles. The Bertz CT molecular complexity index is 786. The predicted octanol–water partition coefficient (Wildman–Crippen LogP) is 4.88. The summed E-state index contributed by atoms with van der Waals surface area (Å²) in [7, 11) is 0. The minimum Gasteiger partial charge on any atom is -0.444 e. The molecular formula is C24H33N3O2. The van der Waals surface area contributed by atoms with E-state index in [2.05, 4.69) is 46.6 Å². The van der Waals surface area contributed by atoms with Crippen molar-refractivity contribution in [3.63, 3.8) is 0 Å². The summed E-state index contributed by atoms with van der Waals surface area (Å²) in [6, 6.07) is 15.1. The number of aromatic nitrogens is 1. The third-order valence-electron chi connectivity index (χ3n) is 5.12. The lowest BCUT2D eigenvalue weighted by Gasteiger charge is -2.35. The zero-order valence-electron chi connectivity index (χ0n) is 17.9. The number of alkyl carbamates (subject to hydrolysis) is 1. The van der Waals surface area contributed by atoms with Crippen LogP contribution in [0.5, 0.6) is 0 Å². The summed E-state index contributed by atoms with van der Waals surface area (Å²) in [4.78, 5) is 19.1. The number of hydrogen-bond acceptors (Lipinski definition) is 4. The topological polar surface area (TPSA) is 54.5 Å². The van der Waals surface area contributed by atoms with Gasteiger partial charge < -0.3 is 10.1 Å². The van der Waals surface area contributed by atoms with Crippen molar-refractivity contribution in [1.29, 1.82) is 0 Å². The van der Waals surface area contributed by atoms with Crippen molar-refractivity contribution in [1.82, 2.24) is 15.2 Å². The van der Waals surface area contributed by atoms with Crippen LogP contribution < -0.4 is 5.32 Å². The molecule has 1 aromatic carbocycles. The summed E-state index contributed by atoms with van der Waals surface area (Å²) >= 11 is 0. The van der Waals surface area contributed by atoms with E-state index in [-0.39, 0.29) is 6.09 Å². The molecule has 2 aromatic rings. The maximum Gasteiger partial charge on any atom is 0.407 e. The van der Waals surface area contributed by atoms with Gasteiger partial charge in [0.2, 0.25) is 0 Å². The first-order valence-electron chi connectivity index (χ1n) is 10.6. The first-order valence-corrected chi connectivity index (χ1v) is 10.6. The van der Waals surface area contributed by atoms with Gasteiger partial charge in [0.25, 0.3) is 0 Å². The summed E-state index contributed by atoms with van der Waals surface area (Å²) in [5, 5.41) is 2.88. The second-order valence-corrected chi connectivity index (χ2v) is 8.69. The Morgan fingerprint density at radius 2 is 2.00 bits per heavy atom. The van der Waals surface area contributed by atoms with Crippen LogP contribution in [0.1, 0.15) is 62.9 Å². The lowest BCUT2D eigenvalue weighted by atomic mass is 9.90. The smallest absolute Gasteiger partial charge is 0.407 e. The zero-order valence-corrected chi connectivity index (χ0v) is 17.9. The first kappa shape index (κ1) is 21.3. The monoisotopic (exact) mass is 395 g/mol. The standard InChI is InChI=1S/C24H33N3O2/c1-24(2,3)29-23(28)26-16-9-17-27(18-19-10-5-4-6-11-19)21-14-7-12-20-13-8-15-25-22(20)21/h4-6,8,10-11,13,15,21H,7,9,12,14,16-18H2,1-3H3,(H,26,28). The summed E-state index contributed by atoms with van der Waals surface area (Å²) in [5.74, 6) is 0. The first-order chi connectivity index (χ1) is 13.9. The third kappa shape index (κ3) is 6.57. The summed E-state index contributed by atoms with van der Waals surface area (Å²) in [6.07, 6.45) is 5.84. The summed E-state index contributed by atoms with van der Waals surface area (Å²) in [6.45, 7) is 8.01. The van der Waals surface area contributed by atoms with Crippen LogP contribution in [0.4, 0.5) is 4.79 Å². The Morgan fingerprint density at radius 1 is 1.21 bits per heavy atom. The third-order valence-corrected chi connectivity index (χ3v) is 5.12. The molecule has 1 aromatic heterocycles. The Hall–Kier alpha value is -2.40. The fourth-order valence-electron chi connectivity index (χ4n) is 3.89. The molecule has 0 fully saturated rings. The Balaban J connectivity index is 1.64. The summed E-state index contributed by atoms with van der Waals surface area (Å²) in [5.41, 5.74) is 3.42. The quantitative estimate of drug-likeness (QED) is 0.679. The van der Waals surface area contributed by atoms with E-state index >= 15 is 0 Å². The maximum atomic E-state index is 11.9. The number of carbonyl (C=O) groups excluding carboxylic acids is 1. The van der Waals surface area contributed by atoms with Gasteiger partial charge in [0, 0.05) is 25.8 Å². The molecule has 1 N–H and O–H groups in total. The van der Waals surface area contributed by atoms with E-state index in [0.29, 0.717) is 12.6 Å². The van der Waals surface area contributed by atoms with E-state index < -0.39 is 5.60 Å². The zero-order chi connectivity index (χ0) is 20.7. The van der Waals surface area contributed by atoms with Crippen LogP contribution in [-0.4, -0.2) is 34.7 Å². The van der Waals surface area contributed by atoms with Crippen molar-refractivity contribution in [3.05, 3.63) is 65.5 Å². The largest absolute Gasteiger partial charge is 0.444 e. The minimum absolute atomic E-state index is 0.321. The molecule has 1 amide bonds. The van der Waals surface area contributed by atoms with Crippen LogP contribution >= 0.6 is 0 Å². The Kier molecular flexibility index (Phi) is 7.26. The molecule has 0 radical (unpaired) electrons. The molecule has 5 nitrogen and oxygen atoms in total. The second-order valence-electron chi connectivity index (χ2n) is 8.69. The van der Waals surface area contributed by atoms with E-state index in [0.717, 1.165) is 32.4 Å². The van der Waals surface area contributed by atoms with E-state index in [4.69, 9.17) is 9.72 Å². The van der Waals surface area contributed by atoms with Gasteiger partial charge in [0.05, 0.1) is 11.7 Å². The van der Waals surface area contributed by atoms with Crippen LogP contribution in [0.2, 0.25) is 0 Å². The van der Waals surface area contributed by atoms with Gasteiger partial charge in [0.15, 0.2) is 0 Å². The van der Waals surface area contributed by atoms with Crippen molar-refractivity contribution in [3.8, 4) is 0 Å². The van der Waals surface area contributed by atoms with Crippen LogP contribution in [0.3, 0.4) is 0 Å². The van der Waals surface area contributed by atoms with Crippen LogP contribution in [0.25, 0.3) is 0 Å². The number of nitrogens with one attached hydrogen (secondary N) is 1. The van der Waals surface area contributed by atoms with Gasteiger partial charge in [-0.15, -0.1) is 0 Å². The molecule has 3 rings (SSSR count). The highest BCUT2D eigenvalue weighted by Gasteiger charge is 2.27. The lowest BCUT2D eigenvalue weighted by Crippen LogP contribution is -2.36. The number of fused-ring (bicyclic) bond motifs is 1. The number of rotatable bonds is 7. The highest BCUT2D eigenvalue weighted by Crippen LogP contribution is 2.33. The Labute approximate surface area is 174 Å². The molecule has 5 heteroatoms. The van der Waals surface area contributed by atoms with Crippen molar-refractivity contribution in [2.75, 3.05) is 13.1 Å². The molecule has 1 aliphatic rings. The van der Waals surface area contributed by atoms with Gasteiger partial charge in [-0.25, -0.2) is 4.79 Å². The molecular weight excluding hydrogens is 362 g/mol. The fourth-order valence-corrected chi connectivity index (χ4v) is 3.89. The van der Waals surface area contributed by atoms with Gasteiger partial charge in [-0.3, -0.25) is 9.88 Å². The van der Waals surface area contributed by atoms with Gasteiger partial charge >= 0.3 is 6.09 Å². The number of nitrogens with zero attached hydrogens (tertiary/aromatic N) is 2. The molecule has 156 valence electrons. The number of amides is 1. The predicted molar refractivity (Wildman–Crippen MR) is 116 cm³/mol. The number of ether oxygens (including phenoxy) is 1. The van der Waals surface area contributed by atoms with E-state index in [1.54, 1.807) is 0 Å². The van der Waals surface area contributed by atoms with Crippen molar-refractivity contribution in [2.45, 2.75) is 64.6 Å². The molecule has 0 bridgehead atoms. The molecule has 1 atom stereocenters. The SMILES string of the molecule is CC(C)(C)OC(=O)NCCCN(Cc1ccccc1)C1CCCc2cccnc21. The van der Waals surface area contributed by atoms with Gasteiger partial charge in [-0.05, 0) is 63.6 Å². The maximum absolute atomic E-state index is 11.9. The van der Waals surface area contributed by atoms with Crippen LogP contribution in [0.15, 0.2) is 48.7 Å². The number of pyridine rings is 1. The molecule has 0 saturated carbocycles. The van der Waals surface area contributed by atoms with Gasteiger partial charge in [-0.2, -0.15) is 0 Å². The Morgan fingerprint density at radius 3 is 2.76 bits per heavy atom. The fraction of sp³-hybridized carbons (Fsp3) is 0.500. The van der Waals surface area contributed by atoms with Crippen molar-refractivity contribution in [2.24, 2.45) is 0 Å². The molecule has 0 spiro atoms. The van der Waals surface area contributed by atoms with E-state index in [9.17, 15) is 4.79 Å². The molecule has 1 heterocycles. The molecule has 29 heavy (non-hydrogen) atoms. The molecule has 0 saturated heterocycles. The van der Waals surface area contributed by atoms with Crippen LogP contribution in [-0.2, 0) is 17.7 Å². The number of benzene rings is 1. The normalized spacial score (nSPS) is 16.3.